The summed E-state index contributed by atoms with van der Waals surface area (Å²) in [6.07, 6.45) is 4.25. The number of hydrogen-bond donors (Lipinski definition) is 0. The first-order valence-corrected chi connectivity index (χ1v) is 8.19. The number of esters is 1. The lowest BCUT2D eigenvalue weighted by Gasteiger charge is -2.31. The van der Waals surface area contributed by atoms with E-state index in [1.54, 1.807) is 12.5 Å². The number of pyridine rings is 1. The van der Waals surface area contributed by atoms with Crippen LogP contribution in [0.5, 0.6) is 0 Å². The molecule has 0 saturated heterocycles. The third kappa shape index (κ3) is 2.59. The molecule has 4 rings (SSSR count). The van der Waals surface area contributed by atoms with E-state index in [1.165, 1.54) is 12.7 Å². The first-order valence-electron chi connectivity index (χ1n) is 8.19. The van der Waals surface area contributed by atoms with Crippen LogP contribution in [0.4, 0.5) is 5.69 Å². The van der Waals surface area contributed by atoms with Gasteiger partial charge in [0.1, 0.15) is 6.33 Å². The van der Waals surface area contributed by atoms with Crippen LogP contribution in [0, 0.1) is 6.92 Å². The number of nitrogens with zero attached hydrogens (tertiary/aromatic N) is 4. The summed E-state index contributed by atoms with van der Waals surface area (Å²) in [6, 6.07) is 7.51. The molecule has 0 saturated carbocycles. The molecule has 0 radical (unpaired) electrons. The van der Waals surface area contributed by atoms with Crippen LogP contribution in [0.2, 0.25) is 0 Å². The van der Waals surface area contributed by atoms with Gasteiger partial charge in [-0.15, -0.1) is 0 Å². The summed E-state index contributed by atoms with van der Waals surface area (Å²) in [5, 5.41) is 0.804. The number of benzene rings is 1. The van der Waals surface area contributed by atoms with Gasteiger partial charge < -0.3 is 9.64 Å². The Morgan fingerprint density at radius 2 is 2.08 bits per heavy atom. The third-order valence-electron chi connectivity index (χ3n) is 4.71. The monoisotopic (exact) mass is 334 g/mol. The van der Waals surface area contributed by atoms with Gasteiger partial charge in [0.15, 0.2) is 0 Å². The Kier molecular flexibility index (Phi) is 3.80. The number of aryl methyl sites for hydroxylation is 1. The molecular formula is C19H18N4O2. The Morgan fingerprint density at radius 1 is 1.20 bits per heavy atom. The Bertz CT molecular complexity index is 971. The lowest BCUT2D eigenvalue weighted by Crippen LogP contribution is -2.32. The van der Waals surface area contributed by atoms with Crippen LogP contribution in [0.15, 0.2) is 36.8 Å². The Balaban J connectivity index is 1.81. The molecule has 0 bridgehead atoms. The van der Waals surface area contributed by atoms with Gasteiger partial charge in [-0.2, -0.15) is 0 Å². The van der Waals surface area contributed by atoms with Crippen molar-refractivity contribution in [3.05, 3.63) is 59.3 Å². The summed E-state index contributed by atoms with van der Waals surface area (Å²) in [5.41, 5.74) is 5.66. The molecule has 0 fully saturated rings. The SMILES string of the molecule is COC(=O)c1ccc(N2CCc3ncnc(C)c3C2)c2ncccc12. The molecule has 25 heavy (non-hydrogen) atoms. The standard InChI is InChI=1S/C19H18N4O2/c1-12-15-10-23(9-7-16(15)22-11-21-12)17-6-5-14(19(24)25-2)13-4-3-8-20-18(13)17/h3-6,8,11H,7,9-10H2,1-2H3. The second-order valence-electron chi connectivity index (χ2n) is 6.08. The summed E-state index contributed by atoms with van der Waals surface area (Å²) in [6.45, 7) is 3.61. The molecule has 1 aliphatic rings. The highest BCUT2D eigenvalue weighted by Gasteiger charge is 2.23. The number of rotatable bonds is 2. The zero-order valence-corrected chi connectivity index (χ0v) is 14.2. The Morgan fingerprint density at radius 3 is 2.92 bits per heavy atom. The van der Waals surface area contributed by atoms with Crippen LogP contribution >= 0.6 is 0 Å². The number of fused-ring (bicyclic) bond motifs is 2. The van der Waals surface area contributed by atoms with E-state index >= 15 is 0 Å². The van der Waals surface area contributed by atoms with E-state index < -0.39 is 0 Å². The molecule has 0 amide bonds. The van der Waals surface area contributed by atoms with Crippen molar-refractivity contribution in [2.45, 2.75) is 19.9 Å². The molecule has 6 nitrogen and oxygen atoms in total. The van der Waals surface area contributed by atoms with Crippen LogP contribution in [-0.4, -0.2) is 34.6 Å². The van der Waals surface area contributed by atoms with Gasteiger partial charge in [0.25, 0.3) is 0 Å². The average molecular weight is 334 g/mol. The maximum Gasteiger partial charge on any atom is 0.338 e. The van der Waals surface area contributed by atoms with Crippen LogP contribution in [0.25, 0.3) is 10.9 Å². The van der Waals surface area contributed by atoms with E-state index in [4.69, 9.17) is 4.74 Å². The van der Waals surface area contributed by atoms with E-state index in [1.807, 2.05) is 31.2 Å². The predicted molar refractivity (Wildman–Crippen MR) is 94.6 cm³/mol. The fraction of sp³-hybridized carbons (Fsp3) is 0.263. The molecule has 0 atom stereocenters. The van der Waals surface area contributed by atoms with Crippen molar-refractivity contribution in [2.24, 2.45) is 0 Å². The smallest absolute Gasteiger partial charge is 0.338 e. The number of methoxy groups -OCH3 is 1. The topological polar surface area (TPSA) is 68.2 Å². The largest absolute Gasteiger partial charge is 0.465 e. The zero-order valence-electron chi connectivity index (χ0n) is 14.2. The molecule has 1 aliphatic heterocycles. The van der Waals surface area contributed by atoms with E-state index in [2.05, 4.69) is 19.9 Å². The van der Waals surface area contributed by atoms with Crippen LogP contribution < -0.4 is 4.90 Å². The number of ether oxygens (including phenoxy) is 1. The van der Waals surface area contributed by atoms with Gasteiger partial charge in [-0.1, -0.05) is 6.07 Å². The highest BCUT2D eigenvalue weighted by molar-refractivity contribution is 6.07. The number of aromatic nitrogens is 3. The van der Waals surface area contributed by atoms with Crippen molar-refractivity contribution < 1.29 is 9.53 Å². The molecule has 0 spiro atoms. The lowest BCUT2D eigenvalue weighted by molar-refractivity contribution is 0.0603. The zero-order chi connectivity index (χ0) is 17.4. The molecule has 6 heteroatoms. The molecule has 2 aromatic heterocycles. The van der Waals surface area contributed by atoms with E-state index in [-0.39, 0.29) is 5.97 Å². The van der Waals surface area contributed by atoms with E-state index in [0.717, 1.165) is 47.5 Å². The maximum atomic E-state index is 12.0. The molecule has 0 N–H and O–H groups in total. The van der Waals surface area contributed by atoms with E-state index in [9.17, 15) is 4.79 Å². The van der Waals surface area contributed by atoms with Gasteiger partial charge >= 0.3 is 5.97 Å². The van der Waals surface area contributed by atoms with E-state index in [0.29, 0.717) is 5.56 Å². The summed E-state index contributed by atoms with van der Waals surface area (Å²) in [5.74, 6) is -0.349. The normalized spacial score (nSPS) is 13.6. The Hall–Kier alpha value is -3.02. The maximum absolute atomic E-state index is 12.0. The van der Waals surface area contributed by atoms with Crippen molar-refractivity contribution >= 4 is 22.6 Å². The average Bonchev–Trinajstić information content (AvgIpc) is 2.66. The van der Waals surface area contributed by atoms with Crippen molar-refractivity contribution in [2.75, 3.05) is 18.6 Å². The molecule has 3 heterocycles. The predicted octanol–water partition coefficient (Wildman–Crippen LogP) is 2.68. The molecule has 0 unspecified atom stereocenters. The second kappa shape index (κ2) is 6.12. The molecule has 3 aromatic rings. The fourth-order valence-electron chi connectivity index (χ4n) is 3.39. The van der Waals surface area contributed by atoms with Crippen LogP contribution in [0.1, 0.15) is 27.3 Å². The van der Waals surface area contributed by atoms with Gasteiger partial charge in [0.2, 0.25) is 0 Å². The highest BCUT2D eigenvalue weighted by Crippen LogP contribution is 2.31. The van der Waals surface area contributed by atoms with Crippen molar-refractivity contribution in [3.8, 4) is 0 Å². The van der Waals surface area contributed by atoms with Crippen LogP contribution in [-0.2, 0) is 17.7 Å². The van der Waals surface area contributed by atoms with Crippen LogP contribution in [0.3, 0.4) is 0 Å². The van der Waals surface area contributed by atoms with Gasteiger partial charge in [-0.25, -0.2) is 14.8 Å². The highest BCUT2D eigenvalue weighted by atomic mass is 16.5. The van der Waals surface area contributed by atoms with Crippen molar-refractivity contribution in [3.63, 3.8) is 0 Å². The van der Waals surface area contributed by atoms with Crippen molar-refractivity contribution in [1.82, 2.24) is 15.0 Å². The summed E-state index contributed by atoms with van der Waals surface area (Å²) >= 11 is 0. The molecule has 1 aromatic carbocycles. The number of anilines is 1. The van der Waals surface area contributed by atoms with Gasteiger partial charge in [0.05, 0.1) is 29.6 Å². The number of hydrogen-bond acceptors (Lipinski definition) is 6. The van der Waals surface area contributed by atoms with Gasteiger partial charge in [0, 0.05) is 42.4 Å². The minimum absolute atomic E-state index is 0.349. The summed E-state index contributed by atoms with van der Waals surface area (Å²) in [7, 11) is 1.39. The minimum atomic E-state index is -0.349. The lowest BCUT2D eigenvalue weighted by atomic mass is 10.0. The van der Waals surface area contributed by atoms with Crippen molar-refractivity contribution in [1.29, 1.82) is 0 Å². The fourth-order valence-corrected chi connectivity index (χ4v) is 3.39. The number of carbonyl (C=O) groups is 1. The molecule has 126 valence electrons. The minimum Gasteiger partial charge on any atom is -0.465 e. The molecular weight excluding hydrogens is 316 g/mol. The summed E-state index contributed by atoms with van der Waals surface area (Å²) < 4.78 is 4.90. The number of carbonyl (C=O) groups excluding carboxylic acids is 1. The second-order valence-corrected chi connectivity index (χ2v) is 6.08. The first kappa shape index (κ1) is 15.5. The quantitative estimate of drug-likeness (QED) is 0.671. The molecule has 0 aliphatic carbocycles. The van der Waals surface area contributed by atoms with Gasteiger partial charge in [-0.05, 0) is 25.1 Å². The third-order valence-corrected chi connectivity index (χ3v) is 4.71. The summed E-state index contributed by atoms with van der Waals surface area (Å²) in [4.78, 5) is 27.6. The first-order chi connectivity index (χ1) is 12.2. The Labute approximate surface area is 145 Å². The van der Waals surface area contributed by atoms with Gasteiger partial charge in [-0.3, -0.25) is 4.98 Å².